The van der Waals surface area contributed by atoms with Gasteiger partial charge < -0.3 is 14.7 Å². The van der Waals surface area contributed by atoms with E-state index >= 15 is 0 Å². The number of rotatable bonds is 5. The number of aliphatic hydroxyl groups is 1. The molecular formula is C24H21F2NO3. The Labute approximate surface area is 173 Å². The highest BCUT2D eigenvalue weighted by molar-refractivity contribution is 5.98. The van der Waals surface area contributed by atoms with E-state index < -0.39 is 17.7 Å². The summed E-state index contributed by atoms with van der Waals surface area (Å²) in [5, 5.41) is 9.72. The summed E-state index contributed by atoms with van der Waals surface area (Å²) in [6, 6.07) is 19.3. The Morgan fingerprint density at radius 3 is 2.53 bits per heavy atom. The van der Waals surface area contributed by atoms with Gasteiger partial charge in [0.25, 0.3) is 5.91 Å². The molecule has 0 saturated carbocycles. The summed E-state index contributed by atoms with van der Waals surface area (Å²) in [5.41, 5.74) is 2.25. The summed E-state index contributed by atoms with van der Waals surface area (Å²) >= 11 is 0. The number of fused-ring (bicyclic) bond motifs is 1. The molecule has 1 aliphatic rings. The second kappa shape index (κ2) is 8.63. The van der Waals surface area contributed by atoms with Crippen LogP contribution in [-0.2, 0) is 11.2 Å². The smallest absolute Gasteiger partial charge is 0.272 e. The second-order valence-corrected chi connectivity index (χ2v) is 7.31. The number of hydrogen-bond acceptors (Lipinski definition) is 3. The van der Waals surface area contributed by atoms with Crippen LogP contribution in [0.1, 0.15) is 17.2 Å². The van der Waals surface area contributed by atoms with Crippen LogP contribution < -0.4 is 9.64 Å². The standard InChI is InChI=1S/C24H21F2NO3/c25-19-10-11-22(20(26)13-19)30-23(17-6-2-1-3-7-17)24(29)27-14-16(15-28)12-18-8-4-5-9-21(18)27/h1-11,13,16,23,28H,12,14-15H2. The molecule has 2 unspecified atom stereocenters. The molecular weight excluding hydrogens is 388 g/mol. The molecule has 0 saturated heterocycles. The van der Waals surface area contributed by atoms with E-state index in [1.807, 2.05) is 30.3 Å². The van der Waals surface area contributed by atoms with Crippen molar-refractivity contribution in [3.8, 4) is 5.75 Å². The van der Waals surface area contributed by atoms with E-state index in [2.05, 4.69) is 0 Å². The van der Waals surface area contributed by atoms with Crippen molar-refractivity contribution >= 4 is 11.6 Å². The van der Waals surface area contributed by atoms with Crippen LogP contribution in [0.5, 0.6) is 5.75 Å². The molecule has 3 aromatic rings. The van der Waals surface area contributed by atoms with E-state index in [0.29, 0.717) is 18.5 Å². The summed E-state index contributed by atoms with van der Waals surface area (Å²) in [6.45, 7) is 0.270. The van der Waals surface area contributed by atoms with Crippen LogP contribution in [0.4, 0.5) is 14.5 Å². The summed E-state index contributed by atoms with van der Waals surface area (Å²) in [5.74, 6) is -2.30. The summed E-state index contributed by atoms with van der Waals surface area (Å²) in [4.78, 5) is 15.2. The zero-order valence-corrected chi connectivity index (χ0v) is 16.2. The normalized spacial score (nSPS) is 16.6. The quantitative estimate of drug-likeness (QED) is 0.684. The SMILES string of the molecule is O=C(C(Oc1ccc(F)cc1F)c1ccccc1)N1CC(CO)Cc2ccccc21. The van der Waals surface area contributed by atoms with Gasteiger partial charge in [0.05, 0.1) is 0 Å². The summed E-state index contributed by atoms with van der Waals surface area (Å²) in [7, 11) is 0. The summed E-state index contributed by atoms with van der Waals surface area (Å²) < 4.78 is 33.4. The molecule has 30 heavy (non-hydrogen) atoms. The number of carbonyl (C=O) groups is 1. The lowest BCUT2D eigenvalue weighted by atomic mass is 9.92. The Morgan fingerprint density at radius 2 is 1.80 bits per heavy atom. The largest absolute Gasteiger partial charge is 0.473 e. The number of anilines is 1. The monoisotopic (exact) mass is 409 g/mol. The maximum Gasteiger partial charge on any atom is 0.272 e. The predicted molar refractivity (Wildman–Crippen MR) is 109 cm³/mol. The molecule has 4 rings (SSSR count). The van der Waals surface area contributed by atoms with E-state index in [-0.39, 0.29) is 24.2 Å². The average Bonchev–Trinajstić information content (AvgIpc) is 2.78. The molecule has 0 fully saturated rings. The molecule has 1 N–H and O–H groups in total. The number of carbonyl (C=O) groups excluding carboxylic acids is 1. The molecule has 4 nitrogen and oxygen atoms in total. The molecule has 3 aromatic carbocycles. The molecule has 6 heteroatoms. The van der Waals surface area contributed by atoms with Gasteiger partial charge in [-0.25, -0.2) is 8.78 Å². The molecule has 1 amide bonds. The maximum absolute atomic E-state index is 14.3. The van der Waals surface area contributed by atoms with Crippen LogP contribution in [0.15, 0.2) is 72.8 Å². The van der Waals surface area contributed by atoms with Crippen molar-refractivity contribution in [2.45, 2.75) is 12.5 Å². The van der Waals surface area contributed by atoms with Gasteiger partial charge in [-0.3, -0.25) is 4.79 Å². The van der Waals surface area contributed by atoms with Gasteiger partial charge in [0.15, 0.2) is 11.6 Å². The third-order valence-electron chi connectivity index (χ3n) is 5.22. The van der Waals surface area contributed by atoms with Crippen LogP contribution in [0.3, 0.4) is 0 Å². The van der Waals surface area contributed by atoms with Crippen molar-refractivity contribution in [3.05, 3.63) is 95.6 Å². The van der Waals surface area contributed by atoms with Crippen LogP contribution in [0, 0.1) is 17.6 Å². The van der Waals surface area contributed by atoms with Gasteiger partial charge in [0, 0.05) is 36.4 Å². The van der Waals surface area contributed by atoms with Gasteiger partial charge in [-0.05, 0) is 30.2 Å². The number of aliphatic hydroxyl groups excluding tert-OH is 1. The van der Waals surface area contributed by atoms with Crippen LogP contribution in [0.25, 0.3) is 0 Å². The number of nitrogens with zero attached hydrogens (tertiary/aromatic N) is 1. The van der Waals surface area contributed by atoms with Crippen LogP contribution in [0.2, 0.25) is 0 Å². The van der Waals surface area contributed by atoms with E-state index in [1.165, 1.54) is 6.07 Å². The number of benzene rings is 3. The number of ether oxygens (including phenoxy) is 1. The fourth-order valence-electron chi connectivity index (χ4n) is 3.74. The Morgan fingerprint density at radius 1 is 1.07 bits per heavy atom. The Balaban J connectivity index is 1.73. The minimum absolute atomic E-state index is 0.0540. The molecule has 0 spiro atoms. The summed E-state index contributed by atoms with van der Waals surface area (Å²) in [6.07, 6.45) is -0.462. The molecule has 0 radical (unpaired) electrons. The van der Waals surface area contributed by atoms with E-state index in [1.54, 1.807) is 29.2 Å². The van der Waals surface area contributed by atoms with Crippen LogP contribution >= 0.6 is 0 Å². The number of halogens is 2. The van der Waals surface area contributed by atoms with Crippen molar-refractivity contribution < 1.29 is 23.4 Å². The van der Waals surface area contributed by atoms with Gasteiger partial charge >= 0.3 is 0 Å². The minimum Gasteiger partial charge on any atom is -0.473 e. The lowest BCUT2D eigenvalue weighted by molar-refractivity contribution is -0.126. The molecule has 1 aliphatic heterocycles. The average molecular weight is 409 g/mol. The van der Waals surface area contributed by atoms with Crippen molar-refractivity contribution in [2.75, 3.05) is 18.1 Å². The highest BCUT2D eigenvalue weighted by atomic mass is 19.1. The predicted octanol–water partition coefficient (Wildman–Crippen LogP) is 4.28. The third-order valence-corrected chi connectivity index (χ3v) is 5.22. The van der Waals surface area contributed by atoms with E-state index in [0.717, 1.165) is 23.4 Å². The first-order valence-corrected chi connectivity index (χ1v) is 9.73. The van der Waals surface area contributed by atoms with E-state index in [9.17, 15) is 18.7 Å². The first-order chi connectivity index (χ1) is 14.6. The minimum atomic E-state index is -1.13. The lowest BCUT2D eigenvalue weighted by Gasteiger charge is -2.36. The molecule has 0 bridgehead atoms. The van der Waals surface area contributed by atoms with Crippen molar-refractivity contribution in [1.29, 1.82) is 0 Å². The van der Waals surface area contributed by atoms with Gasteiger partial charge in [-0.1, -0.05) is 48.5 Å². The van der Waals surface area contributed by atoms with Crippen molar-refractivity contribution in [1.82, 2.24) is 0 Å². The highest BCUT2D eigenvalue weighted by Crippen LogP contribution is 2.34. The maximum atomic E-state index is 14.3. The fourth-order valence-corrected chi connectivity index (χ4v) is 3.74. The van der Waals surface area contributed by atoms with Gasteiger partial charge in [-0.15, -0.1) is 0 Å². The zero-order chi connectivity index (χ0) is 21.1. The third kappa shape index (κ3) is 4.04. The zero-order valence-electron chi connectivity index (χ0n) is 16.2. The molecule has 1 heterocycles. The Hall–Kier alpha value is -3.25. The fraction of sp³-hybridized carbons (Fsp3) is 0.208. The lowest BCUT2D eigenvalue weighted by Crippen LogP contribution is -2.44. The molecule has 0 aromatic heterocycles. The Kier molecular flexibility index (Phi) is 5.77. The second-order valence-electron chi connectivity index (χ2n) is 7.31. The van der Waals surface area contributed by atoms with Crippen molar-refractivity contribution in [2.24, 2.45) is 5.92 Å². The van der Waals surface area contributed by atoms with E-state index in [4.69, 9.17) is 4.74 Å². The number of para-hydroxylation sites is 1. The number of amides is 1. The Bertz CT molecular complexity index is 1040. The first-order valence-electron chi connectivity index (χ1n) is 9.73. The van der Waals surface area contributed by atoms with Gasteiger partial charge in [0.2, 0.25) is 6.10 Å². The molecule has 0 aliphatic carbocycles. The molecule has 2 atom stereocenters. The van der Waals surface area contributed by atoms with Gasteiger partial charge in [-0.2, -0.15) is 0 Å². The topological polar surface area (TPSA) is 49.8 Å². The molecule has 154 valence electrons. The number of hydrogen-bond donors (Lipinski definition) is 1. The van der Waals surface area contributed by atoms with Crippen molar-refractivity contribution in [3.63, 3.8) is 0 Å². The van der Waals surface area contributed by atoms with Gasteiger partial charge in [0.1, 0.15) is 5.82 Å². The highest BCUT2D eigenvalue weighted by Gasteiger charge is 2.34. The van der Waals surface area contributed by atoms with Crippen LogP contribution in [-0.4, -0.2) is 24.2 Å². The first kappa shape index (κ1) is 20.0.